The van der Waals surface area contributed by atoms with Crippen molar-refractivity contribution in [3.05, 3.63) is 11.8 Å². The summed E-state index contributed by atoms with van der Waals surface area (Å²) in [5, 5.41) is 22.3. The number of aliphatic hydroxyl groups is 1. The normalized spacial score (nSPS) is 9.45. The van der Waals surface area contributed by atoms with Crippen LogP contribution in [0.25, 0.3) is 0 Å². The van der Waals surface area contributed by atoms with Crippen molar-refractivity contribution in [1.29, 1.82) is 0 Å². The van der Waals surface area contributed by atoms with Gasteiger partial charge in [0.25, 0.3) is 0 Å². The van der Waals surface area contributed by atoms with Gasteiger partial charge in [-0.05, 0) is 13.8 Å². The Morgan fingerprint density at radius 1 is 1.09 bits per heavy atom. The lowest BCUT2D eigenvalue weighted by Gasteiger charge is -1.80. The minimum absolute atomic E-state index is 0.0625. The summed E-state index contributed by atoms with van der Waals surface area (Å²) in [6.07, 6.45) is -0.667. The van der Waals surface area contributed by atoms with E-state index in [-0.39, 0.29) is 11.5 Å². The van der Waals surface area contributed by atoms with Gasteiger partial charge in [0, 0.05) is 6.08 Å². The summed E-state index contributed by atoms with van der Waals surface area (Å²) in [7, 11) is 0. The average molecular weight is 162 g/mol. The fourth-order valence-electron chi connectivity index (χ4n) is 0.294. The van der Waals surface area contributed by atoms with Crippen LogP contribution in [-0.4, -0.2) is 27.3 Å². The highest BCUT2D eigenvalue weighted by molar-refractivity contribution is 5.87. The second kappa shape index (κ2) is 6.60. The Morgan fingerprint density at radius 2 is 1.36 bits per heavy atom. The van der Waals surface area contributed by atoms with Gasteiger partial charge >= 0.3 is 6.16 Å². The SMILES string of the molecule is CC(=O)/C=C(/C)O.O=C(O)O. The minimum Gasteiger partial charge on any atom is -0.512 e. The van der Waals surface area contributed by atoms with Gasteiger partial charge in [-0.3, -0.25) is 4.79 Å². The van der Waals surface area contributed by atoms with E-state index in [2.05, 4.69) is 0 Å². The number of carbonyl (C=O) groups excluding carboxylic acids is 1. The van der Waals surface area contributed by atoms with Crippen molar-refractivity contribution in [3.8, 4) is 0 Å². The van der Waals surface area contributed by atoms with Gasteiger partial charge < -0.3 is 15.3 Å². The van der Waals surface area contributed by atoms with Crippen molar-refractivity contribution < 1.29 is 24.9 Å². The van der Waals surface area contributed by atoms with E-state index >= 15 is 0 Å². The lowest BCUT2D eigenvalue weighted by Crippen LogP contribution is -1.82. The van der Waals surface area contributed by atoms with Crippen LogP contribution in [0.4, 0.5) is 4.79 Å². The predicted octanol–water partition coefficient (Wildman–Crippen LogP) is 1.26. The summed E-state index contributed by atoms with van der Waals surface area (Å²) >= 11 is 0. The Morgan fingerprint density at radius 3 is 1.36 bits per heavy atom. The van der Waals surface area contributed by atoms with E-state index in [9.17, 15) is 4.79 Å². The van der Waals surface area contributed by atoms with Crippen LogP contribution in [0.5, 0.6) is 0 Å². The Hall–Kier alpha value is -1.52. The predicted molar refractivity (Wildman–Crippen MR) is 37.7 cm³/mol. The molecule has 0 aromatic heterocycles. The summed E-state index contributed by atoms with van der Waals surface area (Å²) in [6, 6.07) is 0. The molecule has 0 aromatic carbocycles. The topological polar surface area (TPSA) is 94.8 Å². The molecule has 0 unspecified atom stereocenters. The number of allylic oxidation sites excluding steroid dienone is 2. The number of rotatable bonds is 1. The lowest BCUT2D eigenvalue weighted by atomic mass is 10.4. The van der Waals surface area contributed by atoms with Gasteiger partial charge in [0.05, 0.1) is 5.76 Å². The maximum atomic E-state index is 10.0. The van der Waals surface area contributed by atoms with E-state index in [1.165, 1.54) is 19.9 Å². The number of hydrogen-bond acceptors (Lipinski definition) is 3. The molecule has 5 nitrogen and oxygen atoms in total. The van der Waals surface area contributed by atoms with Crippen molar-refractivity contribution in [2.24, 2.45) is 0 Å². The zero-order chi connectivity index (χ0) is 9.44. The smallest absolute Gasteiger partial charge is 0.503 e. The fourth-order valence-corrected chi connectivity index (χ4v) is 0.294. The van der Waals surface area contributed by atoms with E-state index < -0.39 is 6.16 Å². The molecule has 0 aromatic rings. The summed E-state index contributed by atoms with van der Waals surface area (Å²) in [6.45, 7) is 2.85. The second-order valence-corrected chi connectivity index (χ2v) is 1.68. The highest BCUT2D eigenvalue weighted by Crippen LogP contribution is 1.82. The number of aliphatic hydroxyl groups excluding tert-OH is 1. The van der Waals surface area contributed by atoms with Gasteiger partial charge in [-0.15, -0.1) is 0 Å². The first-order valence-corrected chi connectivity index (χ1v) is 2.66. The molecule has 0 fully saturated rings. The number of ketones is 1. The molecule has 11 heavy (non-hydrogen) atoms. The van der Waals surface area contributed by atoms with Crippen LogP contribution in [0.3, 0.4) is 0 Å². The molecule has 5 heteroatoms. The molecule has 0 heterocycles. The Balaban J connectivity index is 0. The van der Waals surface area contributed by atoms with Crippen LogP contribution < -0.4 is 0 Å². The zero-order valence-corrected chi connectivity index (χ0v) is 6.24. The molecule has 64 valence electrons. The average Bonchev–Trinajstić information content (AvgIpc) is 1.56. The van der Waals surface area contributed by atoms with Gasteiger partial charge in [-0.2, -0.15) is 0 Å². The molecule has 3 N–H and O–H groups in total. The number of hydrogen-bond donors (Lipinski definition) is 3. The van der Waals surface area contributed by atoms with Crippen molar-refractivity contribution in [1.82, 2.24) is 0 Å². The van der Waals surface area contributed by atoms with E-state index in [4.69, 9.17) is 20.1 Å². The van der Waals surface area contributed by atoms with Gasteiger partial charge in [0.15, 0.2) is 5.78 Å². The standard InChI is InChI=1S/C5H8O2.CH2O3/c1-4(6)3-5(2)7;2-1(3)4/h3,6H,1-2H3;(H2,2,3,4)/b4-3-;. The molecule has 0 aliphatic carbocycles. The van der Waals surface area contributed by atoms with E-state index in [1.807, 2.05) is 0 Å². The molecule has 0 saturated heterocycles. The van der Waals surface area contributed by atoms with Gasteiger partial charge in [0.1, 0.15) is 0 Å². The van der Waals surface area contributed by atoms with Crippen molar-refractivity contribution in [2.75, 3.05) is 0 Å². The third-order valence-corrected chi connectivity index (χ3v) is 0.412. The molecular formula is C6H10O5. The molecule has 0 aliphatic rings. The Bertz CT molecular complexity index is 162. The summed E-state index contributed by atoms with van der Waals surface area (Å²) in [4.78, 5) is 18.6. The second-order valence-electron chi connectivity index (χ2n) is 1.68. The Kier molecular flexibility index (Phi) is 7.31. The van der Waals surface area contributed by atoms with Crippen LogP contribution >= 0.6 is 0 Å². The largest absolute Gasteiger partial charge is 0.512 e. The highest BCUT2D eigenvalue weighted by Gasteiger charge is 1.82. The van der Waals surface area contributed by atoms with Crippen LogP contribution in [0.2, 0.25) is 0 Å². The third-order valence-electron chi connectivity index (χ3n) is 0.412. The first-order chi connectivity index (χ1) is 4.86. The number of carboxylic acid groups (broad SMARTS) is 2. The molecule has 0 saturated carbocycles. The van der Waals surface area contributed by atoms with Gasteiger partial charge in [0.2, 0.25) is 0 Å². The van der Waals surface area contributed by atoms with Crippen molar-refractivity contribution in [3.63, 3.8) is 0 Å². The first-order valence-electron chi connectivity index (χ1n) is 2.66. The third kappa shape index (κ3) is 57.9. The maximum Gasteiger partial charge on any atom is 0.503 e. The maximum absolute atomic E-state index is 10.0. The summed E-state index contributed by atoms with van der Waals surface area (Å²) in [5.41, 5.74) is 0. The molecule has 0 atom stereocenters. The number of carbonyl (C=O) groups is 2. The van der Waals surface area contributed by atoms with Crippen LogP contribution in [-0.2, 0) is 4.79 Å². The molecule has 0 rings (SSSR count). The van der Waals surface area contributed by atoms with E-state index in [0.717, 1.165) is 0 Å². The van der Waals surface area contributed by atoms with E-state index in [0.29, 0.717) is 0 Å². The molecule has 0 bridgehead atoms. The van der Waals surface area contributed by atoms with Gasteiger partial charge in [-0.1, -0.05) is 0 Å². The molecular weight excluding hydrogens is 152 g/mol. The highest BCUT2D eigenvalue weighted by atomic mass is 16.6. The van der Waals surface area contributed by atoms with Gasteiger partial charge in [-0.25, -0.2) is 4.79 Å². The molecule has 0 aliphatic heterocycles. The van der Waals surface area contributed by atoms with Crippen molar-refractivity contribution >= 4 is 11.9 Å². The fraction of sp³-hybridized carbons (Fsp3) is 0.333. The monoisotopic (exact) mass is 162 g/mol. The van der Waals surface area contributed by atoms with Crippen molar-refractivity contribution in [2.45, 2.75) is 13.8 Å². The molecule has 0 spiro atoms. The lowest BCUT2D eigenvalue weighted by molar-refractivity contribution is -0.112. The summed E-state index contributed by atoms with van der Waals surface area (Å²) in [5.74, 6) is -0.0625. The molecule has 0 amide bonds. The zero-order valence-electron chi connectivity index (χ0n) is 6.24. The van der Waals surface area contributed by atoms with E-state index in [1.54, 1.807) is 0 Å². The quantitative estimate of drug-likeness (QED) is 0.398. The summed E-state index contributed by atoms with van der Waals surface area (Å²) < 4.78 is 0. The molecule has 0 radical (unpaired) electrons. The van der Waals surface area contributed by atoms with Crippen LogP contribution in [0, 0.1) is 0 Å². The minimum atomic E-state index is -1.83. The Labute approximate surface area is 63.6 Å². The van der Waals surface area contributed by atoms with Crippen LogP contribution in [0.1, 0.15) is 13.8 Å². The first kappa shape index (κ1) is 12.2. The van der Waals surface area contributed by atoms with Crippen LogP contribution in [0.15, 0.2) is 11.8 Å².